The van der Waals surface area contributed by atoms with Gasteiger partial charge in [-0.15, -0.1) is 0 Å². The molecule has 2 aliphatic rings. The summed E-state index contributed by atoms with van der Waals surface area (Å²) in [5, 5.41) is 4.82. The minimum absolute atomic E-state index is 0.0113. The average molecular weight is 477 g/mol. The lowest BCUT2D eigenvalue weighted by Crippen LogP contribution is -2.37. The van der Waals surface area contributed by atoms with Gasteiger partial charge in [0.25, 0.3) is 0 Å². The van der Waals surface area contributed by atoms with E-state index >= 15 is 0 Å². The number of benzene rings is 2. The number of carbonyl (C=O) groups excluding carboxylic acids is 1. The Balaban J connectivity index is 1.55. The standard InChI is InChI=1S/C26H28N4O5/c1-14-24(16-7-9-21(33-3)23(13-16)35-5)26-28-27-25-18(30(26)29-14)10-17(11-19(25)31)15-6-8-20(32-2)22(12-15)34-4/h6-9,12-13,17,27-28H,10-11H2,1-5H3. The smallest absolute Gasteiger partial charge is 0.182 e. The first-order valence-corrected chi connectivity index (χ1v) is 11.3. The highest BCUT2D eigenvalue weighted by atomic mass is 16.5. The molecule has 0 radical (unpaired) electrons. The van der Waals surface area contributed by atoms with Crippen LogP contribution in [0, 0.1) is 6.92 Å². The van der Waals surface area contributed by atoms with E-state index in [1.165, 1.54) is 0 Å². The van der Waals surface area contributed by atoms with Crippen molar-refractivity contribution in [1.29, 1.82) is 0 Å². The van der Waals surface area contributed by atoms with Gasteiger partial charge >= 0.3 is 0 Å². The summed E-state index contributed by atoms with van der Waals surface area (Å²) in [6.45, 7) is 1.95. The van der Waals surface area contributed by atoms with E-state index in [0.717, 1.165) is 33.9 Å². The topological polar surface area (TPSA) is 95.9 Å². The van der Waals surface area contributed by atoms with Crippen LogP contribution in [0.4, 0.5) is 5.82 Å². The number of carbonyl (C=O) groups is 1. The Morgan fingerprint density at radius 3 is 2.20 bits per heavy atom. The number of ether oxygens (including phenoxy) is 4. The molecule has 0 spiro atoms. The molecule has 0 amide bonds. The van der Waals surface area contributed by atoms with Crippen LogP contribution in [0.25, 0.3) is 16.8 Å². The predicted octanol–water partition coefficient (Wildman–Crippen LogP) is 4.14. The molecule has 0 saturated heterocycles. The number of rotatable bonds is 6. The number of fused-ring (bicyclic) bond motifs is 2. The van der Waals surface area contributed by atoms with Crippen LogP contribution < -0.4 is 29.8 Å². The number of aromatic nitrogens is 2. The van der Waals surface area contributed by atoms with E-state index in [2.05, 4.69) is 10.9 Å². The third-order valence-electron chi connectivity index (χ3n) is 6.61. The Morgan fingerprint density at radius 1 is 0.857 bits per heavy atom. The molecule has 0 bridgehead atoms. The van der Waals surface area contributed by atoms with Crippen molar-refractivity contribution in [3.8, 4) is 34.1 Å². The number of ketones is 1. The van der Waals surface area contributed by atoms with Crippen LogP contribution in [0.5, 0.6) is 23.0 Å². The van der Waals surface area contributed by atoms with Gasteiger partial charge in [-0.1, -0.05) is 12.1 Å². The highest BCUT2D eigenvalue weighted by molar-refractivity contribution is 6.03. The second-order valence-corrected chi connectivity index (χ2v) is 8.51. The average Bonchev–Trinajstić information content (AvgIpc) is 3.23. The number of aryl methyl sites for hydroxylation is 1. The van der Waals surface area contributed by atoms with Gasteiger partial charge in [0.15, 0.2) is 34.6 Å². The summed E-state index contributed by atoms with van der Waals surface area (Å²) in [6, 6.07) is 11.6. The Bertz CT molecular complexity index is 1340. The number of nitrogens with one attached hydrogen (secondary N) is 2. The van der Waals surface area contributed by atoms with Crippen molar-refractivity contribution in [2.45, 2.75) is 25.7 Å². The van der Waals surface area contributed by atoms with Crippen molar-refractivity contribution in [2.24, 2.45) is 0 Å². The SMILES string of the molecule is COc1ccc(-c2c(C)nn3c2NNC2=C3CC(c3ccc(OC)c(OC)c3)CC2=O)cc1OC. The maximum atomic E-state index is 13.1. The molecule has 9 nitrogen and oxygen atoms in total. The number of hydrogen-bond donors (Lipinski definition) is 2. The zero-order valence-electron chi connectivity index (χ0n) is 20.4. The molecule has 0 fully saturated rings. The fraction of sp³-hybridized carbons (Fsp3) is 0.308. The number of methoxy groups -OCH3 is 4. The van der Waals surface area contributed by atoms with Gasteiger partial charge in [0.1, 0.15) is 5.70 Å². The summed E-state index contributed by atoms with van der Waals surface area (Å²) in [5.74, 6) is 3.39. The first-order valence-electron chi connectivity index (χ1n) is 11.3. The molecular formula is C26H28N4O5. The molecule has 5 rings (SSSR count). The summed E-state index contributed by atoms with van der Waals surface area (Å²) in [5.41, 5.74) is 11.4. The van der Waals surface area contributed by atoms with Gasteiger partial charge < -0.3 is 18.9 Å². The number of nitrogens with zero attached hydrogens (tertiary/aromatic N) is 2. The number of hydrogen-bond acceptors (Lipinski definition) is 8. The number of hydrazine groups is 1. The highest BCUT2D eigenvalue weighted by Gasteiger charge is 2.35. The maximum absolute atomic E-state index is 13.1. The van der Waals surface area contributed by atoms with Crippen LogP contribution in [0.3, 0.4) is 0 Å². The van der Waals surface area contributed by atoms with Crippen LogP contribution in [0.2, 0.25) is 0 Å². The Morgan fingerprint density at radius 2 is 1.51 bits per heavy atom. The summed E-state index contributed by atoms with van der Waals surface area (Å²) < 4.78 is 23.6. The van der Waals surface area contributed by atoms with E-state index < -0.39 is 0 Å². The van der Waals surface area contributed by atoms with E-state index in [1.807, 2.05) is 48.0 Å². The summed E-state index contributed by atoms with van der Waals surface area (Å²) in [4.78, 5) is 13.1. The Hall–Kier alpha value is -4.14. The van der Waals surface area contributed by atoms with E-state index in [1.54, 1.807) is 28.4 Å². The quantitative estimate of drug-likeness (QED) is 0.548. The van der Waals surface area contributed by atoms with Crippen molar-refractivity contribution in [1.82, 2.24) is 15.2 Å². The molecule has 2 N–H and O–H groups in total. The summed E-state index contributed by atoms with van der Waals surface area (Å²) >= 11 is 0. The minimum atomic E-state index is -0.0113. The van der Waals surface area contributed by atoms with Crippen LogP contribution >= 0.6 is 0 Å². The molecule has 1 atom stereocenters. The molecule has 1 aliphatic carbocycles. The van der Waals surface area contributed by atoms with Crippen molar-refractivity contribution >= 4 is 17.3 Å². The Kier molecular flexibility index (Phi) is 5.76. The van der Waals surface area contributed by atoms with Crippen LogP contribution in [0.15, 0.2) is 42.1 Å². The molecule has 0 saturated carbocycles. The van der Waals surface area contributed by atoms with Crippen molar-refractivity contribution in [3.63, 3.8) is 0 Å². The van der Waals surface area contributed by atoms with Gasteiger partial charge in [-0.05, 0) is 54.7 Å². The van der Waals surface area contributed by atoms with Crippen molar-refractivity contribution in [2.75, 3.05) is 33.9 Å². The first-order chi connectivity index (χ1) is 17.0. The summed E-state index contributed by atoms with van der Waals surface area (Å²) in [7, 11) is 6.44. The van der Waals surface area contributed by atoms with Gasteiger partial charge in [-0.2, -0.15) is 5.10 Å². The Labute approximate surface area is 203 Å². The van der Waals surface area contributed by atoms with Gasteiger partial charge in [0.05, 0.1) is 39.8 Å². The number of allylic oxidation sites excluding steroid dienone is 2. The minimum Gasteiger partial charge on any atom is -0.493 e. The molecule has 1 unspecified atom stereocenters. The fourth-order valence-electron chi connectivity index (χ4n) is 4.87. The monoisotopic (exact) mass is 476 g/mol. The van der Waals surface area contributed by atoms with Gasteiger partial charge in [-0.25, -0.2) is 4.68 Å². The largest absolute Gasteiger partial charge is 0.493 e. The number of anilines is 1. The van der Waals surface area contributed by atoms with E-state index in [0.29, 0.717) is 41.5 Å². The third kappa shape index (κ3) is 3.73. The molecule has 35 heavy (non-hydrogen) atoms. The lowest BCUT2D eigenvalue weighted by Gasteiger charge is -2.31. The second kappa shape index (κ2) is 8.90. The highest BCUT2D eigenvalue weighted by Crippen LogP contribution is 2.44. The molecule has 3 aromatic rings. The fourth-order valence-corrected chi connectivity index (χ4v) is 4.87. The van der Waals surface area contributed by atoms with E-state index in [-0.39, 0.29) is 11.7 Å². The van der Waals surface area contributed by atoms with Gasteiger partial charge in [0, 0.05) is 12.0 Å². The van der Waals surface area contributed by atoms with Crippen LogP contribution in [-0.2, 0) is 4.79 Å². The zero-order chi connectivity index (χ0) is 24.7. The van der Waals surface area contributed by atoms with E-state index in [4.69, 9.17) is 24.0 Å². The van der Waals surface area contributed by atoms with Gasteiger partial charge in [-0.3, -0.25) is 15.6 Å². The molecular weight excluding hydrogens is 448 g/mol. The van der Waals surface area contributed by atoms with Crippen LogP contribution in [0.1, 0.15) is 30.0 Å². The van der Waals surface area contributed by atoms with Crippen LogP contribution in [-0.4, -0.2) is 44.0 Å². The normalized spacial score (nSPS) is 16.6. The second-order valence-electron chi connectivity index (χ2n) is 8.51. The lowest BCUT2D eigenvalue weighted by atomic mass is 9.83. The van der Waals surface area contributed by atoms with Gasteiger partial charge in [0.2, 0.25) is 0 Å². The zero-order valence-corrected chi connectivity index (χ0v) is 20.4. The molecule has 1 aliphatic heterocycles. The summed E-state index contributed by atoms with van der Waals surface area (Å²) in [6.07, 6.45) is 1.03. The predicted molar refractivity (Wildman–Crippen MR) is 132 cm³/mol. The van der Waals surface area contributed by atoms with Crippen molar-refractivity contribution < 1.29 is 23.7 Å². The van der Waals surface area contributed by atoms with Crippen molar-refractivity contribution in [3.05, 3.63) is 53.4 Å². The molecule has 1 aromatic heterocycles. The maximum Gasteiger partial charge on any atom is 0.182 e. The number of Topliss-reactive ketones (excluding diaryl/α,β-unsaturated/α-hetero) is 1. The third-order valence-corrected chi connectivity index (χ3v) is 6.61. The first kappa shape index (κ1) is 22.6. The molecule has 182 valence electrons. The molecule has 2 heterocycles. The molecule has 2 aromatic carbocycles. The molecule has 9 heteroatoms. The lowest BCUT2D eigenvalue weighted by molar-refractivity contribution is -0.116. The van der Waals surface area contributed by atoms with E-state index in [9.17, 15) is 4.79 Å².